The molecule has 2 aromatic carbocycles. The zero-order valence-corrected chi connectivity index (χ0v) is 16.6. The van der Waals surface area contributed by atoms with Gasteiger partial charge in [0.25, 0.3) is 0 Å². The molecule has 2 rings (SSSR count). The summed E-state index contributed by atoms with van der Waals surface area (Å²) in [6.45, 7) is -0.927. The van der Waals surface area contributed by atoms with Gasteiger partial charge < -0.3 is 34.6 Å². The second-order valence-corrected chi connectivity index (χ2v) is 6.22. The van der Waals surface area contributed by atoms with E-state index in [1.54, 1.807) is 6.07 Å². The number of methoxy groups -OCH3 is 1. The Bertz CT molecular complexity index is 979. The van der Waals surface area contributed by atoms with Gasteiger partial charge in [0, 0.05) is 12.2 Å². The van der Waals surface area contributed by atoms with Crippen LogP contribution in [0.25, 0.3) is 12.2 Å². The highest BCUT2D eigenvalue weighted by atomic mass is 16.6. The van der Waals surface area contributed by atoms with Gasteiger partial charge in [-0.15, -0.1) is 0 Å². The molecule has 0 bridgehead atoms. The van der Waals surface area contributed by atoms with Crippen molar-refractivity contribution in [3.8, 4) is 23.0 Å². The number of carbonyl (C=O) groups excluding carboxylic acids is 2. The Morgan fingerprint density at radius 3 is 2.13 bits per heavy atom. The molecule has 0 aliphatic carbocycles. The molecule has 0 aromatic heterocycles. The van der Waals surface area contributed by atoms with Crippen LogP contribution in [0.15, 0.2) is 48.6 Å². The number of hydrogen-bond acceptors (Lipinski definition) is 9. The maximum absolute atomic E-state index is 11.9. The molecule has 9 nitrogen and oxygen atoms in total. The van der Waals surface area contributed by atoms with Gasteiger partial charge in [-0.25, -0.2) is 9.59 Å². The standard InChI is InChI=1S/C22H22O9/c1-29-20-11-15(3-7-18(20)25)4-8-21(27)30-13-16(12-23)31-22(28)9-5-14-2-6-17(24)19(26)10-14/h2-11,16,23-26H,12-13H2,1H3/b8-4+,9-5+. The zero-order chi connectivity index (χ0) is 22.8. The van der Waals surface area contributed by atoms with Crippen LogP contribution in [0.4, 0.5) is 0 Å². The first-order valence-corrected chi connectivity index (χ1v) is 9.05. The molecule has 0 heterocycles. The Kier molecular flexibility index (Phi) is 8.47. The van der Waals surface area contributed by atoms with Crippen LogP contribution < -0.4 is 4.74 Å². The van der Waals surface area contributed by atoms with E-state index < -0.39 is 24.6 Å². The summed E-state index contributed by atoms with van der Waals surface area (Å²) in [6, 6.07) is 8.49. The molecule has 0 saturated heterocycles. The molecular weight excluding hydrogens is 408 g/mol. The highest BCUT2D eigenvalue weighted by Gasteiger charge is 2.14. The van der Waals surface area contributed by atoms with Crippen LogP contribution in [0.3, 0.4) is 0 Å². The number of esters is 2. The van der Waals surface area contributed by atoms with Gasteiger partial charge in [0.1, 0.15) is 6.61 Å². The minimum absolute atomic E-state index is 0.0360. The van der Waals surface area contributed by atoms with Gasteiger partial charge in [-0.1, -0.05) is 12.1 Å². The van der Waals surface area contributed by atoms with Gasteiger partial charge in [-0.2, -0.15) is 0 Å². The van der Waals surface area contributed by atoms with Crippen molar-refractivity contribution in [3.63, 3.8) is 0 Å². The van der Waals surface area contributed by atoms with Crippen LogP contribution in [0.1, 0.15) is 11.1 Å². The SMILES string of the molecule is COc1cc(/C=C/C(=O)OCC(CO)OC(=O)/C=C/c2ccc(O)c(O)c2)ccc1O. The molecule has 2 aromatic rings. The molecule has 164 valence electrons. The fraction of sp³-hybridized carbons (Fsp3) is 0.182. The van der Waals surface area contributed by atoms with Crippen molar-refractivity contribution < 1.29 is 44.2 Å². The van der Waals surface area contributed by atoms with E-state index in [0.29, 0.717) is 11.1 Å². The third-order valence-corrected chi connectivity index (χ3v) is 3.92. The molecule has 0 fully saturated rings. The minimum Gasteiger partial charge on any atom is -0.504 e. The van der Waals surface area contributed by atoms with Crippen LogP contribution in [0.2, 0.25) is 0 Å². The summed E-state index contributed by atoms with van der Waals surface area (Å²) in [4.78, 5) is 23.7. The van der Waals surface area contributed by atoms with Crippen molar-refractivity contribution in [3.05, 3.63) is 59.7 Å². The van der Waals surface area contributed by atoms with Crippen molar-refractivity contribution >= 4 is 24.1 Å². The fourth-order valence-corrected chi connectivity index (χ4v) is 2.32. The first-order valence-electron chi connectivity index (χ1n) is 9.05. The quantitative estimate of drug-likeness (QED) is 0.267. The summed E-state index contributed by atoms with van der Waals surface area (Å²) in [5.74, 6) is -1.94. The van der Waals surface area contributed by atoms with E-state index >= 15 is 0 Å². The smallest absolute Gasteiger partial charge is 0.331 e. The minimum atomic E-state index is -1.07. The lowest BCUT2D eigenvalue weighted by molar-refractivity contribution is -0.154. The van der Waals surface area contributed by atoms with Gasteiger partial charge in [0.05, 0.1) is 13.7 Å². The predicted molar refractivity (Wildman–Crippen MR) is 110 cm³/mol. The van der Waals surface area contributed by atoms with Crippen LogP contribution >= 0.6 is 0 Å². The average Bonchev–Trinajstić information content (AvgIpc) is 2.76. The van der Waals surface area contributed by atoms with Crippen molar-refractivity contribution in [1.29, 1.82) is 0 Å². The summed E-state index contributed by atoms with van der Waals surface area (Å²) in [5, 5.41) is 37.6. The lowest BCUT2D eigenvalue weighted by Gasteiger charge is -2.13. The number of benzene rings is 2. The molecule has 0 aliphatic heterocycles. The largest absolute Gasteiger partial charge is 0.504 e. The number of phenols is 3. The van der Waals surface area contributed by atoms with Gasteiger partial charge in [-0.05, 0) is 47.5 Å². The maximum Gasteiger partial charge on any atom is 0.331 e. The Morgan fingerprint density at radius 2 is 1.52 bits per heavy atom. The molecule has 1 atom stereocenters. The maximum atomic E-state index is 11.9. The van der Waals surface area contributed by atoms with E-state index in [4.69, 9.17) is 14.2 Å². The lowest BCUT2D eigenvalue weighted by Crippen LogP contribution is -2.27. The summed E-state index contributed by atoms with van der Waals surface area (Å²) >= 11 is 0. The second-order valence-electron chi connectivity index (χ2n) is 6.22. The number of rotatable bonds is 9. The summed E-state index contributed by atoms with van der Waals surface area (Å²) in [5.41, 5.74) is 1.03. The molecular formula is C22H22O9. The first kappa shape index (κ1) is 23.3. The van der Waals surface area contributed by atoms with E-state index in [9.17, 15) is 30.0 Å². The average molecular weight is 430 g/mol. The van der Waals surface area contributed by atoms with Crippen LogP contribution in [-0.2, 0) is 19.1 Å². The van der Waals surface area contributed by atoms with E-state index in [1.165, 1.54) is 49.6 Å². The van der Waals surface area contributed by atoms with E-state index in [-0.39, 0.29) is 29.6 Å². The third-order valence-electron chi connectivity index (χ3n) is 3.92. The summed E-state index contributed by atoms with van der Waals surface area (Å²) in [7, 11) is 1.40. The molecule has 0 saturated carbocycles. The normalized spacial score (nSPS) is 12.1. The molecule has 1 unspecified atom stereocenters. The number of ether oxygens (including phenoxy) is 3. The number of aliphatic hydroxyl groups is 1. The van der Waals surface area contributed by atoms with E-state index in [1.807, 2.05) is 0 Å². The highest BCUT2D eigenvalue weighted by Crippen LogP contribution is 2.27. The molecule has 0 radical (unpaired) electrons. The zero-order valence-electron chi connectivity index (χ0n) is 16.6. The topological polar surface area (TPSA) is 143 Å². The Morgan fingerprint density at radius 1 is 0.903 bits per heavy atom. The third kappa shape index (κ3) is 7.41. The fourth-order valence-electron chi connectivity index (χ4n) is 2.32. The van der Waals surface area contributed by atoms with Gasteiger partial charge in [0.15, 0.2) is 29.1 Å². The molecule has 0 amide bonds. The molecule has 9 heteroatoms. The van der Waals surface area contributed by atoms with Crippen molar-refractivity contribution in [1.82, 2.24) is 0 Å². The van der Waals surface area contributed by atoms with E-state index in [2.05, 4.69) is 0 Å². The monoisotopic (exact) mass is 430 g/mol. The molecule has 0 spiro atoms. The number of hydrogen-bond donors (Lipinski definition) is 4. The van der Waals surface area contributed by atoms with Crippen molar-refractivity contribution in [2.45, 2.75) is 6.10 Å². The Balaban J connectivity index is 1.85. The number of aliphatic hydroxyl groups excluding tert-OH is 1. The first-order chi connectivity index (χ1) is 14.8. The summed E-state index contributed by atoms with van der Waals surface area (Å²) < 4.78 is 14.9. The number of phenolic OH excluding ortho intramolecular Hbond substituents is 3. The second kappa shape index (κ2) is 11.3. The number of carbonyl (C=O) groups is 2. The number of aromatic hydroxyl groups is 3. The summed E-state index contributed by atoms with van der Waals surface area (Å²) in [6.07, 6.45) is 3.92. The lowest BCUT2D eigenvalue weighted by atomic mass is 10.2. The molecule has 4 N–H and O–H groups in total. The van der Waals surface area contributed by atoms with Crippen LogP contribution in [0, 0.1) is 0 Å². The molecule has 31 heavy (non-hydrogen) atoms. The van der Waals surface area contributed by atoms with Crippen LogP contribution in [-0.4, -0.2) is 58.8 Å². The Labute approximate surface area is 178 Å². The highest BCUT2D eigenvalue weighted by molar-refractivity contribution is 5.88. The van der Waals surface area contributed by atoms with Gasteiger partial charge in [-0.3, -0.25) is 0 Å². The van der Waals surface area contributed by atoms with Gasteiger partial charge in [0.2, 0.25) is 0 Å². The molecule has 0 aliphatic rings. The Hall–Kier alpha value is -3.98. The predicted octanol–water partition coefficient (Wildman–Crippen LogP) is 1.99. The van der Waals surface area contributed by atoms with Crippen molar-refractivity contribution in [2.24, 2.45) is 0 Å². The van der Waals surface area contributed by atoms with Crippen molar-refractivity contribution in [2.75, 3.05) is 20.3 Å². The van der Waals surface area contributed by atoms with Gasteiger partial charge >= 0.3 is 11.9 Å². The van der Waals surface area contributed by atoms with Crippen LogP contribution in [0.5, 0.6) is 23.0 Å². The van der Waals surface area contributed by atoms with E-state index in [0.717, 1.165) is 12.2 Å².